The smallest absolute Gasteiger partial charge is 0.274 e. The van der Waals surface area contributed by atoms with Gasteiger partial charge in [-0.2, -0.15) is 0 Å². The van der Waals surface area contributed by atoms with Crippen molar-refractivity contribution in [1.82, 2.24) is 9.88 Å². The lowest BCUT2D eigenvalue weighted by molar-refractivity contribution is -0.119. The Morgan fingerprint density at radius 2 is 2.19 bits per heavy atom. The van der Waals surface area contributed by atoms with Crippen LogP contribution < -0.4 is 5.56 Å². The maximum absolute atomic E-state index is 11.6. The molecule has 0 atom stereocenters. The molecule has 1 aromatic rings. The average Bonchev–Trinajstić information content (AvgIpc) is 2.50. The minimum absolute atomic E-state index is 0.170. The Hall–Kier alpha value is -1.82. The van der Waals surface area contributed by atoms with Gasteiger partial charge in [0, 0.05) is 25.7 Å². The number of hydrogen-bond donors (Lipinski definition) is 1. The molecule has 0 saturated heterocycles. The van der Waals surface area contributed by atoms with Crippen molar-refractivity contribution in [3.05, 3.63) is 34.2 Å². The quantitative estimate of drug-likeness (QED) is 0.740. The van der Waals surface area contributed by atoms with Crippen LogP contribution in [-0.4, -0.2) is 33.7 Å². The molecule has 0 fully saturated rings. The summed E-state index contributed by atoms with van der Waals surface area (Å²) in [6, 6.07) is 3.08. The van der Waals surface area contributed by atoms with Crippen molar-refractivity contribution < 1.29 is 4.79 Å². The number of H-pyrrole nitrogens is 1. The van der Waals surface area contributed by atoms with E-state index < -0.39 is 0 Å². The third-order valence-corrected chi connectivity index (χ3v) is 2.65. The topological polar surface area (TPSA) is 65.5 Å². The lowest BCUT2D eigenvalue weighted by Crippen LogP contribution is -2.29. The van der Waals surface area contributed by atoms with Crippen LogP contribution in [0.5, 0.6) is 0 Å². The molecule has 1 N–H and O–H groups in total. The van der Waals surface area contributed by atoms with Crippen LogP contribution in [0.4, 0.5) is 0 Å². The zero-order valence-corrected chi connectivity index (χ0v) is 9.37. The first kappa shape index (κ1) is 10.7. The fourth-order valence-corrected chi connectivity index (χ4v) is 1.57. The van der Waals surface area contributed by atoms with Crippen LogP contribution in [0.1, 0.15) is 5.56 Å². The van der Waals surface area contributed by atoms with Gasteiger partial charge in [-0.15, -0.1) is 0 Å². The summed E-state index contributed by atoms with van der Waals surface area (Å²) in [7, 11) is 1.59. The van der Waals surface area contributed by atoms with Crippen LogP contribution in [0.3, 0.4) is 0 Å². The predicted octanol–water partition coefficient (Wildman–Crippen LogP) is 0.115. The number of nitrogens with zero attached hydrogens (tertiary/aromatic N) is 2. The van der Waals surface area contributed by atoms with Gasteiger partial charge in [0.15, 0.2) is 0 Å². The number of pyridine rings is 1. The van der Waals surface area contributed by atoms with E-state index in [1.165, 1.54) is 11.0 Å². The Labute approximate surface area is 96.8 Å². The monoisotopic (exact) mass is 235 g/mol. The second-order valence-electron chi connectivity index (χ2n) is 3.44. The molecule has 0 unspecified atom stereocenters. The number of hydrogen-bond acceptors (Lipinski definition) is 3. The molecule has 0 bridgehead atoms. The lowest BCUT2D eigenvalue weighted by atomic mass is 10.1. The van der Waals surface area contributed by atoms with E-state index in [0.29, 0.717) is 12.1 Å². The first-order valence-corrected chi connectivity index (χ1v) is 5.06. The molecule has 0 aliphatic carbocycles. The molecule has 1 aliphatic rings. The molecule has 2 rings (SSSR count). The molecule has 0 aromatic carbocycles. The lowest BCUT2D eigenvalue weighted by Gasteiger charge is -2.05. The van der Waals surface area contributed by atoms with Gasteiger partial charge in [-0.3, -0.25) is 14.5 Å². The van der Waals surface area contributed by atoms with E-state index >= 15 is 0 Å². The first-order chi connectivity index (χ1) is 7.58. The summed E-state index contributed by atoms with van der Waals surface area (Å²) in [4.78, 5) is 30.3. The van der Waals surface area contributed by atoms with Crippen LogP contribution in [-0.2, 0) is 11.2 Å². The number of carbonyl (C=O) groups is 1. The highest BCUT2D eigenvalue weighted by Gasteiger charge is 2.26. The van der Waals surface area contributed by atoms with Gasteiger partial charge in [0.05, 0.1) is 0 Å². The Kier molecular flexibility index (Phi) is 2.66. The molecule has 1 amide bonds. The van der Waals surface area contributed by atoms with Crippen molar-refractivity contribution in [3.8, 4) is 0 Å². The standard InChI is InChI=1S/C10H9N3O2S/c1-13-9(15)7(12-10(13)16)4-6-2-3-8(14)11-5-6/h2-3,5H,4H2,1H3,(H,11,14). The van der Waals surface area contributed by atoms with Crippen molar-refractivity contribution in [2.75, 3.05) is 7.05 Å². The Morgan fingerprint density at radius 1 is 1.44 bits per heavy atom. The third-order valence-electron chi connectivity index (χ3n) is 2.29. The van der Waals surface area contributed by atoms with Crippen molar-refractivity contribution in [2.24, 2.45) is 4.99 Å². The summed E-state index contributed by atoms with van der Waals surface area (Å²) in [6.07, 6.45) is 1.94. The minimum atomic E-state index is -0.184. The highest BCUT2D eigenvalue weighted by Crippen LogP contribution is 2.08. The number of aromatic amines is 1. The summed E-state index contributed by atoms with van der Waals surface area (Å²) < 4.78 is 0. The summed E-state index contributed by atoms with van der Waals surface area (Å²) >= 11 is 4.89. The Balaban J connectivity index is 2.20. The van der Waals surface area contributed by atoms with Crippen LogP contribution in [0.25, 0.3) is 0 Å². The SMILES string of the molecule is CN1C(=O)C(Cc2ccc(=O)[nH]c2)=NC1=S. The summed E-state index contributed by atoms with van der Waals surface area (Å²) in [5.41, 5.74) is 1.06. The molecule has 1 aromatic heterocycles. The largest absolute Gasteiger partial charge is 0.329 e. The van der Waals surface area contributed by atoms with Crippen molar-refractivity contribution in [2.45, 2.75) is 6.42 Å². The van der Waals surface area contributed by atoms with E-state index in [4.69, 9.17) is 12.2 Å². The van der Waals surface area contributed by atoms with Gasteiger partial charge < -0.3 is 4.98 Å². The maximum atomic E-state index is 11.6. The van der Waals surface area contributed by atoms with Crippen LogP contribution in [0.2, 0.25) is 0 Å². The van der Waals surface area contributed by atoms with Gasteiger partial charge >= 0.3 is 0 Å². The number of amides is 1. The van der Waals surface area contributed by atoms with Crippen molar-refractivity contribution in [1.29, 1.82) is 0 Å². The molecule has 82 valence electrons. The number of rotatable bonds is 2. The van der Waals surface area contributed by atoms with Gasteiger partial charge in [0.25, 0.3) is 5.91 Å². The molecule has 6 heteroatoms. The van der Waals surface area contributed by atoms with Crippen LogP contribution in [0, 0.1) is 0 Å². The number of thiocarbonyl (C=S) groups is 1. The van der Waals surface area contributed by atoms with Gasteiger partial charge in [-0.05, 0) is 17.8 Å². The number of carbonyl (C=O) groups excluding carboxylic acids is 1. The van der Waals surface area contributed by atoms with Gasteiger partial charge in [0.2, 0.25) is 10.7 Å². The van der Waals surface area contributed by atoms with Gasteiger partial charge in [-0.1, -0.05) is 6.07 Å². The fourth-order valence-electron chi connectivity index (χ4n) is 1.38. The number of aromatic nitrogens is 1. The predicted molar refractivity (Wildman–Crippen MR) is 63.6 cm³/mol. The van der Waals surface area contributed by atoms with Crippen LogP contribution in [0.15, 0.2) is 28.1 Å². The minimum Gasteiger partial charge on any atom is -0.329 e. The molecule has 5 nitrogen and oxygen atoms in total. The molecule has 0 saturated carbocycles. The van der Waals surface area contributed by atoms with E-state index in [2.05, 4.69) is 9.98 Å². The second kappa shape index (κ2) is 3.97. The molecular weight excluding hydrogens is 226 g/mol. The number of nitrogens with one attached hydrogen (secondary N) is 1. The van der Waals surface area contributed by atoms with Gasteiger partial charge in [0.1, 0.15) is 5.71 Å². The van der Waals surface area contributed by atoms with E-state index in [-0.39, 0.29) is 16.6 Å². The second-order valence-corrected chi connectivity index (χ2v) is 3.81. The molecular formula is C10H9N3O2S. The van der Waals surface area contributed by atoms with E-state index in [9.17, 15) is 9.59 Å². The van der Waals surface area contributed by atoms with E-state index in [0.717, 1.165) is 5.56 Å². The normalized spacial score (nSPS) is 15.6. The van der Waals surface area contributed by atoms with E-state index in [1.54, 1.807) is 19.3 Å². The Morgan fingerprint density at radius 3 is 2.69 bits per heavy atom. The summed E-state index contributed by atoms with van der Waals surface area (Å²) in [5, 5.41) is 0.282. The molecule has 2 heterocycles. The molecule has 0 radical (unpaired) electrons. The number of aliphatic imine (C=N–C) groups is 1. The zero-order valence-electron chi connectivity index (χ0n) is 8.56. The van der Waals surface area contributed by atoms with Crippen molar-refractivity contribution in [3.63, 3.8) is 0 Å². The van der Waals surface area contributed by atoms with E-state index in [1.807, 2.05) is 0 Å². The highest BCUT2D eigenvalue weighted by molar-refractivity contribution is 7.80. The van der Waals surface area contributed by atoms with Crippen LogP contribution >= 0.6 is 12.2 Å². The average molecular weight is 235 g/mol. The fraction of sp³-hybridized carbons (Fsp3) is 0.200. The zero-order chi connectivity index (χ0) is 11.7. The van der Waals surface area contributed by atoms with Crippen molar-refractivity contribution >= 4 is 28.9 Å². The molecule has 1 aliphatic heterocycles. The molecule has 0 spiro atoms. The Bertz CT molecular complexity index is 527. The maximum Gasteiger partial charge on any atom is 0.274 e. The first-order valence-electron chi connectivity index (χ1n) is 4.65. The molecule has 16 heavy (non-hydrogen) atoms. The van der Waals surface area contributed by atoms with Gasteiger partial charge in [-0.25, -0.2) is 4.99 Å². The summed E-state index contributed by atoms with van der Waals surface area (Å²) in [5.74, 6) is -0.184. The highest BCUT2D eigenvalue weighted by atomic mass is 32.1. The summed E-state index contributed by atoms with van der Waals surface area (Å²) in [6.45, 7) is 0. The third kappa shape index (κ3) is 1.92.